The van der Waals surface area contributed by atoms with E-state index in [9.17, 15) is 9.90 Å². The average molecular weight is 515 g/mol. The molecule has 0 saturated heterocycles. The van der Waals surface area contributed by atoms with Crippen molar-refractivity contribution in [1.29, 1.82) is 0 Å². The topological polar surface area (TPSA) is 97.4 Å². The summed E-state index contributed by atoms with van der Waals surface area (Å²) in [6.45, 7) is 2.44. The fourth-order valence-electron chi connectivity index (χ4n) is 4.02. The van der Waals surface area contributed by atoms with Crippen molar-refractivity contribution in [2.24, 2.45) is 10.1 Å². The Morgan fingerprint density at radius 1 is 1.16 bits per heavy atom. The number of hydrogen-bond acceptors (Lipinski definition) is 7. The van der Waals surface area contributed by atoms with Crippen LogP contribution in [0.4, 0.5) is 5.69 Å². The Hall–Kier alpha value is -4.37. The zero-order valence-corrected chi connectivity index (χ0v) is 21.3. The number of thiazole rings is 1. The maximum Gasteiger partial charge on any atom is 0.262 e. The predicted octanol–water partition coefficient (Wildman–Crippen LogP) is 4.68. The van der Waals surface area contributed by atoms with Crippen LogP contribution in [0.3, 0.4) is 0 Å². The third kappa shape index (κ3) is 5.41. The number of rotatable bonds is 7. The molecule has 1 aromatic heterocycles. The number of aromatic hydroxyl groups is 1. The zero-order chi connectivity index (χ0) is 25.8. The molecule has 0 bridgehead atoms. The Balaban J connectivity index is 1.56. The number of fused-ring (bicyclic) bond motifs is 1. The molecule has 0 unspecified atom stereocenters. The number of carbonyl (C=O) groups excluding carboxylic acids is 1. The third-order valence-corrected chi connectivity index (χ3v) is 6.78. The van der Waals surface area contributed by atoms with Crippen LogP contribution in [-0.4, -0.2) is 41.7 Å². The standard InChI is InChI=1S/C28H26N4O4S/c1-18(22-10-9-21(35-2)15-25(22)33)31-32-24(20-8-11-26-23(14-20)30-27(34)16-36-26)17-37-28(32)29-13-12-19-6-4-3-5-7-19/h3-11,14-15,17,33H,12-13,16H2,1-2H3,(H,30,34). The van der Waals surface area contributed by atoms with Gasteiger partial charge in [0.05, 0.1) is 24.2 Å². The van der Waals surface area contributed by atoms with E-state index < -0.39 is 0 Å². The van der Waals surface area contributed by atoms with E-state index in [0.717, 1.165) is 22.5 Å². The Morgan fingerprint density at radius 3 is 2.78 bits per heavy atom. The van der Waals surface area contributed by atoms with Gasteiger partial charge in [0.15, 0.2) is 6.61 Å². The van der Waals surface area contributed by atoms with Crippen molar-refractivity contribution in [3.63, 3.8) is 0 Å². The van der Waals surface area contributed by atoms with Crippen LogP contribution in [0.15, 0.2) is 82.2 Å². The lowest BCUT2D eigenvalue weighted by atomic mass is 10.1. The molecule has 2 N–H and O–H groups in total. The largest absolute Gasteiger partial charge is 0.507 e. The quantitative estimate of drug-likeness (QED) is 0.350. The second-order valence-electron chi connectivity index (χ2n) is 8.45. The maximum atomic E-state index is 11.9. The van der Waals surface area contributed by atoms with E-state index in [1.807, 2.05) is 48.7 Å². The molecule has 0 radical (unpaired) electrons. The lowest BCUT2D eigenvalue weighted by Gasteiger charge is -2.18. The Morgan fingerprint density at radius 2 is 2.00 bits per heavy atom. The van der Waals surface area contributed by atoms with Crippen LogP contribution in [0.2, 0.25) is 0 Å². The van der Waals surface area contributed by atoms with Gasteiger partial charge in [0.1, 0.15) is 17.2 Å². The molecular weight excluding hydrogens is 488 g/mol. The van der Waals surface area contributed by atoms with E-state index in [0.29, 0.717) is 35.0 Å². The summed E-state index contributed by atoms with van der Waals surface area (Å²) in [7, 11) is 1.55. The van der Waals surface area contributed by atoms with E-state index >= 15 is 0 Å². The number of carbonyl (C=O) groups is 1. The smallest absolute Gasteiger partial charge is 0.262 e. The Bertz CT molecular complexity index is 1540. The van der Waals surface area contributed by atoms with Gasteiger partial charge in [0, 0.05) is 29.1 Å². The van der Waals surface area contributed by atoms with E-state index in [1.54, 1.807) is 30.0 Å². The summed E-state index contributed by atoms with van der Waals surface area (Å²) >= 11 is 1.48. The molecule has 188 valence electrons. The molecule has 0 saturated carbocycles. The Kier molecular flexibility index (Phi) is 7.04. The number of nitrogens with one attached hydrogen (secondary N) is 1. The van der Waals surface area contributed by atoms with E-state index in [-0.39, 0.29) is 18.3 Å². The zero-order valence-electron chi connectivity index (χ0n) is 20.5. The van der Waals surface area contributed by atoms with Gasteiger partial charge in [-0.05, 0) is 49.2 Å². The molecule has 9 heteroatoms. The van der Waals surface area contributed by atoms with Crippen molar-refractivity contribution in [3.8, 4) is 28.5 Å². The number of ether oxygens (including phenoxy) is 2. The third-order valence-electron chi connectivity index (χ3n) is 5.93. The first-order chi connectivity index (χ1) is 18.0. The van der Waals surface area contributed by atoms with Crippen molar-refractivity contribution in [2.75, 3.05) is 25.6 Å². The second-order valence-corrected chi connectivity index (χ2v) is 9.29. The minimum atomic E-state index is -0.191. The number of nitrogens with zero attached hydrogens (tertiary/aromatic N) is 3. The normalized spacial score (nSPS) is 13.6. The van der Waals surface area contributed by atoms with Crippen LogP contribution in [0.25, 0.3) is 11.3 Å². The predicted molar refractivity (Wildman–Crippen MR) is 145 cm³/mol. The van der Waals surface area contributed by atoms with Crippen LogP contribution in [0.5, 0.6) is 17.2 Å². The number of aromatic nitrogens is 1. The maximum absolute atomic E-state index is 11.9. The molecule has 4 aromatic rings. The van der Waals surface area contributed by atoms with Crippen molar-refractivity contribution in [2.45, 2.75) is 13.3 Å². The van der Waals surface area contributed by atoms with Gasteiger partial charge in [0.2, 0.25) is 4.80 Å². The minimum absolute atomic E-state index is 0.00405. The van der Waals surface area contributed by atoms with Gasteiger partial charge in [-0.1, -0.05) is 30.3 Å². The first-order valence-electron chi connectivity index (χ1n) is 11.8. The summed E-state index contributed by atoms with van der Waals surface area (Å²) in [4.78, 5) is 17.4. The summed E-state index contributed by atoms with van der Waals surface area (Å²) in [5.41, 5.74) is 4.68. The van der Waals surface area contributed by atoms with Gasteiger partial charge in [-0.3, -0.25) is 9.79 Å². The number of anilines is 1. The van der Waals surface area contributed by atoms with Gasteiger partial charge in [-0.2, -0.15) is 5.10 Å². The SMILES string of the molecule is COc1ccc(C(C)=Nn2c(-c3ccc4c(c3)NC(=O)CO4)csc2=NCCc2ccccc2)c(O)c1. The number of hydrogen-bond donors (Lipinski definition) is 2. The lowest BCUT2D eigenvalue weighted by molar-refractivity contribution is -0.118. The van der Waals surface area contributed by atoms with Crippen molar-refractivity contribution in [3.05, 3.63) is 88.0 Å². The van der Waals surface area contributed by atoms with Crippen molar-refractivity contribution >= 4 is 28.6 Å². The van der Waals surface area contributed by atoms with Crippen molar-refractivity contribution < 1.29 is 19.4 Å². The highest BCUT2D eigenvalue weighted by Gasteiger charge is 2.18. The first-order valence-corrected chi connectivity index (χ1v) is 12.6. The molecule has 1 aliphatic heterocycles. The number of phenolic OH excluding ortho intramolecular Hbond substituents is 1. The number of amides is 1. The van der Waals surface area contributed by atoms with Gasteiger partial charge in [-0.25, -0.2) is 4.68 Å². The molecule has 0 spiro atoms. The second kappa shape index (κ2) is 10.7. The fourth-order valence-corrected chi connectivity index (χ4v) is 4.88. The average Bonchev–Trinajstić information content (AvgIpc) is 3.30. The highest BCUT2D eigenvalue weighted by molar-refractivity contribution is 7.07. The van der Waals surface area contributed by atoms with Gasteiger partial charge >= 0.3 is 0 Å². The molecule has 2 heterocycles. The van der Waals surface area contributed by atoms with Crippen LogP contribution in [0.1, 0.15) is 18.1 Å². The van der Waals surface area contributed by atoms with Crippen LogP contribution < -0.4 is 19.6 Å². The molecule has 8 nitrogen and oxygen atoms in total. The summed E-state index contributed by atoms with van der Waals surface area (Å²) in [5.74, 6) is 1.08. The first kappa shape index (κ1) is 24.3. The number of methoxy groups -OCH3 is 1. The minimum Gasteiger partial charge on any atom is -0.507 e. The molecule has 1 aliphatic rings. The van der Waals surface area contributed by atoms with Crippen LogP contribution in [-0.2, 0) is 11.2 Å². The summed E-state index contributed by atoms with van der Waals surface area (Å²) in [5, 5.41) is 20.3. The molecule has 5 rings (SSSR count). The fraction of sp³-hybridized carbons (Fsp3) is 0.179. The molecule has 37 heavy (non-hydrogen) atoms. The summed E-state index contributed by atoms with van der Waals surface area (Å²) < 4.78 is 12.5. The Labute approximate surface area is 218 Å². The molecule has 0 atom stereocenters. The van der Waals surface area contributed by atoms with Gasteiger partial charge in [-0.15, -0.1) is 11.3 Å². The molecule has 1 amide bonds. The monoisotopic (exact) mass is 514 g/mol. The summed E-state index contributed by atoms with van der Waals surface area (Å²) in [6.07, 6.45) is 0.804. The van der Waals surface area contributed by atoms with Gasteiger partial charge in [0.25, 0.3) is 5.91 Å². The van der Waals surface area contributed by atoms with E-state index in [2.05, 4.69) is 17.4 Å². The van der Waals surface area contributed by atoms with Crippen LogP contribution >= 0.6 is 11.3 Å². The highest BCUT2D eigenvalue weighted by atomic mass is 32.1. The van der Waals surface area contributed by atoms with Gasteiger partial charge < -0.3 is 19.9 Å². The molecule has 3 aromatic carbocycles. The lowest BCUT2D eigenvalue weighted by Crippen LogP contribution is -2.25. The van der Waals surface area contributed by atoms with Crippen molar-refractivity contribution in [1.82, 2.24) is 4.68 Å². The van der Waals surface area contributed by atoms with Crippen LogP contribution in [0, 0.1) is 0 Å². The molecular formula is C28H26N4O4S. The highest BCUT2D eigenvalue weighted by Crippen LogP contribution is 2.33. The molecule has 0 fully saturated rings. The number of benzene rings is 3. The van der Waals surface area contributed by atoms with E-state index in [4.69, 9.17) is 19.6 Å². The number of phenols is 1. The van der Waals surface area contributed by atoms with E-state index in [1.165, 1.54) is 16.9 Å². The summed E-state index contributed by atoms with van der Waals surface area (Å²) in [6, 6.07) is 21.0. The molecule has 0 aliphatic carbocycles.